The molecule has 0 amide bonds. The highest BCUT2D eigenvalue weighted by Crippen LogP contribution is 2.71. The molecule has 9 aliphatic rings. The first-order valence-corrected chi connectivity index (χ1v) is 26.7. The predicted octanol–water partition coefficient (Wildman–Crippen LogP) is 7.21. The summed E-state index contributed by atoms with van der Waals surface area (Å²) < 4.78 is 63.3. The van der Waals surface area contributed by atoms with Crippen LogP contribution in [0.2, 0.25) is 0 Å². The molecule has 12 atom stereocenters. The largest absolute Gasteiger partial charge is 0.482 e. The number of aliphatic hydroxyl groups excluding tert-OH is 2. The maximum atomic E-state index is 16.7. The molecule has 4 saturated heterocycles. The predicted molar refractivity (Wildman–Crippen MR) is 276 cm³/mol. The summed E-state index contributed by atoms with van der Waals surface area (Å²) in [4.78, 5) is 62.3. The number of carbonyl (C=O) groups excluding carboxylic acids is 4. The van der Waals surface area contributed by atoms with E-state index in [-0.39, 0.29) is 65.0 Å². The zero-order valence-corrected chi connectivity index (χ0v) is 45.5. The summed E-state index contributed by atoms with van der Waals surface area (Å²) in [5, 5.41) is 22.1. The van der Waals surface area contributed by atoms with Gasteiger partial charge < -0.3 is 57.6 Å². The molecule has 17 nitrogen and oxygen atoms in total. The van der Waals surface area contributed by atoms with Crippen LogP contribution in [-0.2, 0) is 44.4 Å². The minimum atomic E-state index is -1.72. The third-order valence-electron chi connectivity index (χ3n) is 16.9. The average Bonchev–Trinajstić information content (AvgIpc) is 2.62. The highest BCUT2D eigenvalue weighted by atomic mass is 16.8. The molecular weight excluding hydrogens is 979 g/mol. The van der Waals surface area contributed by atoms with Crippen LogP contribution in [-0.4, -0.2) is 144 Å². The fourth-order valence-electron chi connectivity index (χ4n) is 13.2. The lowest BCUT2D eigenvalue weighted by Crippen LogP contribution is -2.82. The van der Waals surface area contributed by atoms with Crippen LogP contribution in [0.25, 0.3) is 6.08 Å². The van der Waals surface area contributed by atoms with Crippen LogP contribution in [0.1, 0.15) is 127 Å². The number of nitrogens with zero attached hydrogens (tertiary/aromatic N) is 1. The van der Waals surface area contributed by atoms with Gasteiger partial charge >= 0.3 is 11.9 Å². The van der Waals surface area contributed by atoms with Gasteiger partial charge in [0.25, 0.3) is 0 Å². The van der Waals surface area contributed by atoms with Crippen molar-refractivity contribution in [1.29, 1.82) is 0 Å². The van der Waals surface area contributed by atoms with Gasteiger partial charge in [0.2, 0.25) is 6.29 Å². The first-order chi connectivity index (χ1) is 35.9. The molecular formula is C59H73NO16. The van der Waals surface area contributed by atoms with Crippen molar-refractivity contribution in [3.05, 3.63) is 87.5 Å². The van der Waals surface area contributed by atoms with E-state index in [1.807, 2.05) is 66.7 Å². The Bertz CT molecular complexity index is 2790. The van der Waals surface area contributed by atoms with Gasteiger partial charge in [0.1, 0.15) is 52.8 Å². The highest BCUT2D eigenvalue weighted by molar-refractivity contribution is 6.11. The van der Waals surface area contributed by atoms with Crippen LogP contribution < -0.4 is 18.9 Å². The smallest absolute Gasteiger partial charge is 0.343 e. The van der Waals surface area contributed by atoms with Gasteiger partial charge in [-0.3, -0.25) is 14.5 Å². The van der Waals surface area contributed by atoms with E-state index in [0.29, 0.717) is 62.4 Å². The number of ether oxygens (including phenoxy) is 10. The Labute approximate surface area is 444 Å². The maximum absolute atomic E-state index is 16.7. The molecule has 3 saturated carbocycles. The van der Waals surface area contributed by atoms with Gasteiger partial charge in [-0.15, -0.1) is 0 Å². The van der Waals surface area contributed by atoms with Gasteiger partial charge in [0.05, 0.1) is 49.6 Å². The van der Waals surface area contributed by atoms with Crippen molar-refractivity contribution >= 4 is 29.6 Å². The normalized spacial score (nSPS) is 34.6. The summed E-state index contributed by atoms with van der Waals surface area (Å²) in [6.07, 6.45) is 5.91. The minimum absolute atomic E-state index is 0.0439. The van der Waals surface area contributed by atoms with E-state index in [0.717, 1.165) is 5.57 Å². The molecule has 4 bridgehead atoms. The summed E-state index contributed by atoms with van der Waals surface area (Å²) in [5.41, 5.74) is -1.60. The molecule has 2 aromatic carbocycles. The molecule has 17 heteroatoms. The fourth-order valence-corrected chi connectivity index (χ4v) is 13.2. The lowest BCUT2D eigenvalue weighted by Gasteiger charge is -2.64. The van der Waals surface area contributed by atoms with Crippen molar-refractivity contribution in [1.82, 2.24) is 4.90 Å². The second-order valence-corrected chi connectivity index (χ2v) is 23.4. The van der Waals surface area contributed by atoms with E-state index < -0.39 is 94.6 Å². The number of Topliss-reactive ketones (excluding diaryl/α,β-unsaturated/α-hetero) is 2. The van der Waals surface area contributed by atoms with E-state index in [1.165, 1.54) is 36.9 Å². The van der Waals surface area contributed by atoms with Crippen molar-refractivity contribution in [2.75, 3.05) is 40.0 Å². The Morgan fingerprint density at radius 3 is 2.29 bits per heavy atom. The maximum Gasteiger partial charge on any atom is 0.343 e. The Hall–Kier alpha value is -5.24. The Morgan fingerprint density at radius 1 is 0.895 bits per heavy atom. The second-order valence-electron chi connectivity index (χ2n) is 23.4. The molecule has 2 aromatic rings. The number of hydrogen-bond acceptors (Lipinski definition) is 17. The van der Waals surface area contributed by atoms with Crippen molar-refractivity contribution in [3.8, 4) is 23.0 Å². The molecule has 0 radical (unpaired) electrons. The molecule has 6 heterocycles. The van der Waals surface area contributed by atoms with Crippen LogP contribution in [0.15, 0.2) is 65.3 Å². The lowest BCUT2D eigenvalue weighted by atomic mass is 9.44. The number of aliphatic hydroxyl groups is 2. The zero-order valence-electron chi connectivity index (χ0n) is 45.5. The summed E-state index contributed by atoms with van der Waals surface area (Å²) in [5.74, 6) is -4.32. The van der Waals surface area contributed by atoms with E-state index >= 15 is 9.59 Å². The van der Waals surface area contributed by atoms with Gasteiger partial charge in [-0.2, -0.15) is 0 Å². The topological polar surface area (TPSA) is 204 Å². The number of rotatable bonds is 13. The van der Waals surface area contributed by atoms with Gasteiger partial charge in [0.15, 0.2) is 34.3 Å². The highest BCUT2D eigenvalue weighted by Gasteiger charge is 2.86. The zero-order chi connectivity index (χ0) is 54.4. The van der Waals surface area contributed by atoms with E-state index in [9.17, 15) is 19.8 Å². The summed E-state index contributed by atoms with van der Waals surface area (Å²) in [7, 11) is 1.30. The van der Waals surface area contributed by atoms with E-state index in [4.69, 9.17) is 47.4 Å². The number of esters is 2. The van der Waals surface area contributed by atoms with Crippen molar-refractivity contribution in [3.63, 3.8) is 0 Å². The molecule has 6 aliphatic heterocycles. The van der Waals surface area contributed by atoms with Crippen molar-refractivity contribution in [2.24, 2.45) is 17.8 Å². The standard InChI is InChI=1S/C59H73NO16/c1-31(2)13-12-22-57(10)23-21-37-47(74-57)36(19-14-32(3)4)49-41(48(37)72-53(66)34-15-17-35(18-16-34)70-54-46(63)45(62)50-39(71-54)30-69-56(8,9)73-50)44(61)42-43(60-25-27-68-28-26-60)38-29-40-55(6,7)76-58(51(38)64,59(40,42)75-49)24-20-33(5)52(65)67-11/h13-18,20-21,23,38-40,42-43,45-46,50,54,62-63H,12,19,22,24-30H2,1-11H3/b33-20-/t38?,39-,40?,42?,43?,45-,46-,50-,54-,57?,58?,59?/m1/s1. The Balaban J connectivity index is 1.11. The molecule has 11 rings (SSSR count). The van der Waals surface area contributed by atoms with Gasteiger partial charge in [-0.05, 0) is 131 Å². The Kier molecular flexibility index (Phi) is 14.2. The van der Waals surface area contributed by atoms with Gasteiger partial charge in [0, 0.05) is 48.5 Å². The van der Waals surface area contributed by atoms with Crippen LogP contribution in [0.5, 0.6) is 23.0 Å². The molecule has 1 spiro atoms. The first kappa shape index (κ1) is 54.1. The minimum Gasteiger partial charge on any atom is -0.482 e. The molecule has 2 N–H and O–H groups in total. The van der Waals surface area contributed by atoms with Crippen LogP contribution >= 0.6 is 0 Å². The Morgan fingerprint density at radius 2 is 1.61 bits per heavy atom. The van der Waals surface area contributed by atoms with Crippen LogP contribution in [0.3, 0.4) is 0 Å². The molecule has 7 unspecified atom stereocenters. The number of carbonyl (C=O) groups is 4. The van der Waals surface area contributed by atoms with Crippen LogP contribution in [0, 0.1) is 17.8 Å². The SMILES string of the molecule is COC(=O)/C(C)=C\CC12OC(C)(C)C3CC(C1=O)C(N1CCOCC1)C1C(=O)c4c(OC(=O)c5ccc(O[C@@H]6O[C@@H]7COC(C)(C)O[C@H]7[C@H](O)[C@H]6O)cc5)c5c(c(CC=C(C)C)c4OC132)OC(C)(CCC=C(C)C)C=C5. The second kappa shape index (κ2) is 19.9. The van der Waals surface area contributed by atoms with E-state index in [2.05, 4.69) is 11.0 Å². The molecule has 3 aliphatic carbocycles. The number of ketones is 2. The number of morpholine rings is 1. The number of allylic oxidation sites excluding steroid dienone is 4. The molecule has 76 heavy (non-hydrogen) atoms. The summed E-state index contributed by atoms with van der Waals surface area (Å²) in [6.45, 7) is 20.9. The first-order valence-electron chi connectivity index (χ1n) is 26.7. The lowest BCUT2D eigenvalue weighted by molar-refractivity contribution is -0.373. The van der Waals surface area contributed by atoms with Crippen LogP contribution in [0.4, 0.5) is 0 Å². The number of benzene rings is 2. The molecule has 410 valence electrons. The molecule has 7 fully saturated rings. The fraction of sp³-hybridized carbons (Fsp3) is 0.593. The van der Waals surface area contributed by atoms with E-state index in [1.54, 1.807) is 26.8 Å². The van der Waals surface area contributed by atoms with Gasteiger partial charge in [-0.1, -0.05) is 29.4 Å². The third-order valence-corrected chi connectivity index (χ3v) is 16.9. The number of hydrogen-bond donors (Lipinski definition) is 2. The number of methoxy groups -OCH3 is 1. The summed E-state index contributed by atoms with van der Waals surface area (Å²) in [6, 6.07) is 5.39. The number of fused-ring (bicyclic) bond motifs is 3. The summed E-state index contributed by atoms with van der Waals surface area (Å²) >= 11 is 0. The quantitative estimate of drug-likeness (QED) is 0.0880. The molecule has 0 aromatic heterocycles. The monoisotopic (exact) mass is 1050 g/mol. The third kappa shape index (κ3) is 9.05. The average molecular weight is 1050 g/mol. The van der Waals surface area contributed by atoms with Gasteiger partial charge in [-0.25, -0.2) is 9.59 Å². The van der Waals surface area contributed by atoms with Crippen molar-refractivity contribution < 1.29 is 76.8 Å². The van der Waals surface area contributed by atoms with Crippen molar-refractivity contribution in [2.45, 2.75) is 166 Å².